The summed E-state index contributed by atoms with van der Waals surface area (Å²) in [4.78, 5) is 6.89. The second-order valence-corrected chi connectivity index (χ2v) is 5.22. The Hall–Kier alpha value is -0.940. The van der Waals surface area contributed by atoms with E-state index in [0.717, 1.165) is 50.8 Å². The Morgan fingerprint density at radius 3 is 3.17 bits per heavy atom. The predicted molar refractivity (Wildman–Crippen MR) is 72.0 cm³/mol. The van der Waals surface area contributed by atoms with Crippen molar-refractivity contribution in [2.75, 3.05) is 19.6 Å². The maximum absolute atomic E-state index is 5.66. The van der Waals surface area contributed by atoms with Gasteiger partial charge < -0.3 is 5.73 Å². The van der Waals surface area contributed by atoms with E-state index < -0.39 is 0 Å². The van der Waals surface area contributed by atoms with Crippen LogP contribution in [0.25, 0.3) is 0 Å². The first kappa shape index (κ1) is 13.5. The van der Waals surface area contributed by atoms with Crippen LogP contribution < -0.4 is 5.73 Å². The molecule has 1 fully saturated rings. The molecule has 1 aliphatic rings. The molecule has 1 atom stereocenters. The summed E-state index contributed by atoms with van der Waals surface area (Å²) in [5.74, 6) is 1.87. The molecule has 0 aromatic carbocycles. The van der Waals surface area contributed by atoms with Gasteiger partial charge in [0.05, 0.1) is 6.54 Å². The van der Waals surface area contributed by atoms with Crippen LogP contribution >= 0.6 is 0 Å². The Bertz CT molecular complexity index is 347. The lowest BCUT2D eigenvalue weighted by Crippen LogP contribution is -2.36. The van der Waals surface area contributed by atoms with Crippen LogP contribution in [0, 0.1) is 5.92 Å². The molecule has 0 aliphatic carbocycles. The molecule has 0 radical (unpaired) electrons. The van der Waals surface area contributed by atoms with Crippen LogP contribution in [0.4, 0.5) is 0 Å². The van der Waals surface area contributed by atoms with Crippen molar-refractivity contribution in [3.8, 4) is 0 Å². The van der Waals surface area contributed by atoms with Crippen LogP contribution in [-0.4, -0.2) is 39.3 Å². The van der Waals surface area contributed by atoms with Crippen LogP contribution in [0.1, 0.15) is 38.4 Å². The average molecular weight is 251 g/mol. The van der Waals surface area contributed by atoms with Gasteiger partial charge in [-0.25, -0.2) is 9.67 Å². The molecule has 5 heteroatoms. The molecule has 0 bridgehead atoms. The summed E-state index contributed by atoms with van der Waals surface area (Å²) in [6, 6.07) is 0. The molecular weight excluding hydrogens is 226 g/mol. The van der Waals surface area contributed by atoms with Crippen molar-refractivity contribution >= 4 is 0 Å². The summed E-state index contributed by atoms with van der Waals surface area (Å²) >= 11 is 0. The summed E-state index contributed by atoms with van der Waals surface area (Å²) in [6.07, 6.45) is 6.54. The molecule has 1 aromatic heterocycles. The number of aryl methyl sites for hydroxylation is 1. The number of piperidine rings is 1. The third-order valence-corrected chi connectivity index (χ3v) is 3.67. The molecule has 1 aromatic rings. The largest absolute Gasteiger partial charge is 0.330 e. The number of hydrogen-bond donors (Lipinski definition) is 1. The Balaban J connectivity index is 1.89. The van der Waals surface area contributed by atoms with Crippen LogP contribution in [-0.2, 0) is 13.1 Å². The summed E-state index contributed by atoms with van der Waals surface area (Å²) in [6.45, 7) is 7.22. The summed E-state index contributed by atoms with van der Waals surface area (Å²) in [5.41, 5.74) is 5.66. The zero-order valence-electron chi connectivity index (χ0n) is 11.4. The van der Waals surface area contributed by atoms with Crippen LogP contribution in [0.2, 0.25) is 0 Å². The van der Waals surface area contributed by atoms with Crippen molar-refractivity contribution in [3.05, 3.63) is 12.2 Å². The fraction of sp³-hybridized carbons (Fsp3) is 0.846. The number of aromatic nitrogens is 3. The first-order chi connectivity index (χ1) is 8.83. The Kier molecular flexibility index (Phi) is 5.13. The van der Waals surface area contributed by atoms with E-state index in [1.54, 1.807) is 6.33 Å². The van der Waals surface area contributed by atoms with Crippen molar-refractivity contribution in [2.24, 2.45) is 11.7 Å². The predicted octanol–water partition coefficient (Wildman–Crippen LogP) is 1.25. The minimum absolute atomic E-state index is 0.770. The molecular formula is C13H25N5. The van der Waals surface area contributed by atoms with Gasteiger partial charge in [0.15, 0.2) is 0 Å². The van der Waals surface area contributed by atoms with E-state index in [2.05, 4.69) is 21.9 Å². The highest BCUT2D eigenvalue weighted by molar-refractivity contribution is 4.86. The first-order valence-corrected chi connectivity index (χ1v) is 7.12. The number of rotatable bonds is 6. The van der Waals surface area contributed by atoms with Crippen molar-refractivity contribution in [1.82, 2.24) is 19.7 Å². The van der Waals surface area contributed by atoms with Gasteiger partial charge in [-0.05, 0) is 44.7 Å². The van der Waals surface area contributed by atoms with Gasteiger partial charge in [-0.1, -0.05) is 6.92 Å². The van der Waals surface area contributed by atoms with Crippen molar-refractivity contribution < 1.29 is 0 Å². The number of hydrogen-bond acceptors (Lipinski definition) is 4. The lowest BCUT2D eigenvalue weighted by atomic mass is 9.95. The SMILES string of the molecule is CCCn1ncnc1CN1CCCC(CCN)C1. The van der Waals surface area contributed by atoms with Gasteiger partial charge >= 0.3 is 0 Å². The van der Waals surface area contributed by atoms with Gasteiger partial charge in [0.25, 0.3) is 0 Å². The molecule has 0 amide bonds. The third-order valence-electron chi connectivity index (χ3n) is 3.67. The van der Waals surface area contributed by atoms with Gasteiger partial charge in [-0.2, -0.15) is 5.10 Å². The molecule has 0 saturated carbocycles. The van der Waals surface area contributed by atoms with Gasteiger partial charge in [0, 0.05) is 13.1 Å². The number of likely N-dealkylation sites (tertiary alicyclic amines) is 1. The lowest BCUT2D eigenvalue weighted by molar-refractivity contribution is 0.157. The highest BCUT2D eigenvalue weighted by Gasteiger charge is 2.20. The molecule has 2 N–H and O–H groups in total. The monoisotopic (exact) mass is 251 g/mol. The molecule has 0 spiro atoms. The van der Waals surface area contributed by atoms with Gasteiger partial charge in [0.1, 0.15) is 12.2 Å². The Morgan fingerprint density at radius 2 is 2.39 bits per heavy atom. The quantitative estimate of drug-likeness (QED) is 0.826. The third kappa shape index (κ3) is 3.53. The van der Waals surface area contributed by atoms with Crippen LogP contribution in [0.15, 0.2) is 6.33 Å². The zero-order chi connectivity index (χ0) is 12.8. The van der Waals surface area contributed by atoms with E-state index in [1.807, 2.05) is 4.68 Å². The Morgan fingerprint density at radius 1 is 1.50 bits per heavy atom. The minimum Gasteiger partial charge on any atom is -0.330 e. The van der Waals surface area contributed by atoms with E-state index in [9.17, 15) is 0 Å². The minimum atomic E-state index is 0.770. The summed E-state index contributed by atoms with van der Waals surface area (Å²) < 4.78 is 2.03. The molecule has 1 saturated heterocycles. The van der Waals surface area contributed by atoms with E-state index in [0.29, 0.717) is 0 Å². The van der Waals surface area contributed by atoms with E-state index in [1.165, 1.54) is 19.4 Å². The zero-order valence-corrected chi connectivity index (χ0v) is 11.4. The molecule has 5 nitrogen and oxygen atoms in total. The van der Waals surface area contributed by atoms with Crippen molar-refractivity contribution in [3.63, 3.8) is 0 Å². The maximum atomic E-state index is 5.66. The fourth-order valence-electron chi connectivity index (χ4n) is 2.78. The average Bonchev–Trinajstić information content (AvgIpc) is 2.78. The number of nitrogens with zero attached hydrogens (tertiary/aromatic N) is 4. The van der Waals surface area contributed by atoms with Gasteiger partial charge in [-0.15, -0.1) is 0 Å². The molecule has 2 rings (SSSR count). The fourth-order valence-corrected chi connectivity index (χ4v) is 2.78. The first-order valence-electron chi connectivity index (χ1n) is 7.12. The van der Waals surface area contributed by atoms with E-state index in [4.69, 9.17) is 5.73 Å². The second-order valence-electron chi connectivity index (χ2n) is 5.22. The lowest BCUT2D eigenvalue weighted by Gasteiger charge is -2.32. The van der Waals surface area contributed by atoms with Gasteiger partial charge in [-0.3, -0.25) is 4.90 Å². The normalized spacial score (nSPS) is 21.3. The molecule has 1 aliphatic heterocycles. The van der Waals surface area contributed by atoms with Gasteiger partial charge in [0.2, 0.25) is 0 Å². The van der Waals surface area contributed by atoms with E-state index >= 15 is 0 Å². The topological polar surface area (TPSA) is 60.0 Å². The molecule has 18 heavy (non-hydrogen) atoms. The van der Waals surface area contributed by atoms with Crippen molar-refractivity contribution in [1.29, 1.82) is 0 Å². The maximum Gasteiger partial charge on any atom is 0.141 e. The molecule has 102 valence electrons. The number of nitrogens with two attached hydrogens (primary N) is 1. The van der Waals surface area contributed by atoms with Crippen LogP contribution in [0.3, 0.4) is 0 Å². The Labute approximate surface area is 109 Å². The highest BCUT2D eigenvalue weighted by Crippen LogP contribution is 2.20. The highest BCUT2D eigenvalue weighted by atomic mass is 15.3. The standard InChI is InChI=1S/C13H25N5/c1-2-7-18-13(15-11-16-18)10-17-8-3-4-12(9-17)5-6-14/h11-12H,2-10,14H2,1H3. The molecule has 2 heterocycles. The van der Waals surface area contributed by atoms with Crippen molar-refractivity contribution in [2.45, 2.75) is 45.7 Å². The summed E-state index contributed by atoms with van der Waals surface area (Å²) in [7, 11) is 0. The van der Waals surface area contributed by atoms with Crippen LogP contribution in [0.5, 0.6) is 0 Å². The second kappa shape index (κ2) is 6.85. The van der Waals surface area contributed by atoms with E-state index in [-0.39, 0.29) is 0 Å². The molecule has 1 unspecified atom stereocenters. The smallest absolute Gasteiger partial charge is 0.141 e. The summed E-state index contributed by atoms with van der Waals surface area (Å²) in [5, 5.41) is 4.29.